The maximum atomic E-state index is 13.7. The minimum atomic E-state index is -3.95. The number of likely N-dealkylation sites (tertiary alicyclic amines) is 1. The highest BCUT2D eigenvalue weighted by Crippen LogP contribution is 2.21. The number of benzene rings is 1. The van der Waals surface area contributed by atoms with Crippen LogP contribution >= 0.6 is 0 Å². The van der Waals surface area contributed by atoms with Crippen LogP contribution in [0.3, 0.4) is 0 Å². The number of hydrogen-bond acceptors (Lipinski definition) is 4. The summed E-state index contributed by atoms with van der Waals surface area (Å²) in [5.74, 6) is -1.20. The average Bonchev–Trinajstić information content (AvgIpc) is 2.47. The predicted octanol–water partition coefficient (Wildman–Crippen LogP) is 0.686. The number of carbonyl (C=O) groups is 1. The summed E-state index contributed by atoms with van der Waals surface area (Å²) in [6, 6.07) is 3.40. The zero-order valence-electron chi connectivity index (χ0n) is 12.5. The molecular weight excluding hydrogens is 309 g/mol. The van der Waals surface area contributed by atoms with Gasteiger partial charge in [0.05, 0.1) is 0 Å². The number of hydrogen-bond donors (Lipinski definition) is 2. The number of carbonyl (C=O) groups excluding carboxylic acids is 1. The SMILES string of the molecule is CNS(=O)(=O)c1cc(C(=O)N2CC[C@H](N)C[C@@H]2C)ccc1F. The molecule has 0 saturated carbocycles. The van der Waals surface area contributed by atoms with Crippen LogP contribution in [0.2, 0.25) is 0 Å². The fourth-order valence-corrected chi connectivity index (χ4v) is 3.46. The number of sulfonamides is 1. The van der Waals surface area contributed by atoms with Gasteiger partial charge in [-0.3, -0.25) is 4.79 Å². The molecule has 0 unspecified atom stereocenters. The van der Waals surface area contributed by atoms with Gasteiger partial charge >= 0.3 is 0 Å². The Kier molecular flexibility index (Phi) is 4.84. The fourth-order valence-electron chi connectivity index (χ4n) is 2.63. The zero-order chi connectivity index (χ0) is 16.5. The highest BCUT2D eigenvalue weighted by Gasteiger charge is 2.29. The van der Waals surface area contributed by atoms with Crippen molar-refractivity contribution in [3.63, 3.8) is 0 Å². The van der Waals surface area contributed by atoms with Crippen LogP contribution in [0.25, 0.3) is 0 Å². The molecule has 0 radical (unpaired) electrons. The first-order valence-corrected chi connectivity index (χ1v) is 8.54. The molecule has 1 aromatic carbocycles. The van der Waals surface area contributed by atoms with Crippen molar-refractivity contribution in [3.8, 4) is 0 Å². The first-order chi connectivity index (χ1) is 10.3. The minimum Gasteiger partial charge on any atom is -0.336 e. The Hall–Kier alpha value is -1.51. The van der Waals surface area contributed by atoms with Crippen molar-refractivity contribution in [2.45, 2.75) is 36.7 Å². The van der Waals surface area contributed by atoms with Gasteiger partial charge in [-0.2, -0.15) is 0 Å². The number of halogens is 1. The van der Waals surface area contributed by atoms with Gasteiger partial charge in [0.25, 0.3) is 5.91 Å². The van der Waals surface area contributed by atoms with Crippen LogP contribution in [-0.4, -0.2) is 44.9 Å². The molecule has 1 aliphatic rings. The third-order valence-electron chi connectivity index (χ3n) is 3.91. The van der Waals surface area contributed by atoms with Gasteiger partial charge in [-0.1, -0.05) is 0 Å². The van der Waals surface area contributed by atoms with Gasteiger partial charge in [0, 0.05) is 24.2 Å². The highest BCUT2D eigenvalue weighted by atomic mass is 32.2. The second kappa shape index (κ2) is 6.31. The average molecular weight is 329 g/mol. The lowest BCUT2D eigenvalue weighted by Crippen LogP contribution is -2.48. The van der Waals surface area contributed by atoms with E-state index in [1.165, 1.54) is 13.1 Å². The van der Waals surface area contributed by atoms with E-state index in [2.05, 4.69) is 0 Å². The highest BCUT2D eigenvalue weighted by molar-refractivity contribution is 7.89. The van der Waals surface area contributed by atoms with E-state index in [0.717, 1.165) is 12.1 Å². The topological polar surface area (TPSA) is 92.5 Å². The van der Waals surface area contributed by atoms with E-state index in [0.29, 0.717) is 19.4 Å². The van der Waals surface area contributed by atoms with E-state index in [9.17, 15) is 17.6 Å². The van der Waals surface area contributed by atoms with Crippen molar-refractivity contribution in [2.75, 3.05) is 13.6 Å². The van der Waals surface area contributed by atoms with Crippen molar-refractivity contribution in [1.29, 1.82) is 0 Å². The lowest BCUT2D eigenvalue weighted by Gasteiger charge is -2.36. The van der Waals surface area contributed by atoms with Crippen molar-refractivity contribution < 1.29 is 17.6 Å². The van der Waals surface area contributed by atoms with Crippen molar-refractivity contribution in [1.82, 2.24) is 9.62 Å². The first-order valence-electron chi connectivity index (χ1n) is 7.06. The normalized spacial score (nSPS) is 22.6. The van der Waals surface area contributed by atoms with Gasteiger partial charge in [0.15, 0.2) is 0 Å². The molecule has 1 aliphatic heterocycles. The Balaban J connectivity index is 2.33. The molecule has 0 aliphatic carbocycles. The second-order valence-corrected chi connectivity index (χ2v) is 7.34. The van der Waals surface area contributed by atoms with E-state index in [4.69, 9.17) is 5.73 Å². The minimum absolute atomic E-state index is 0.0364. The molecule has 0 bridgehead atoms. The summed E-state index contributed by atoms with van der Waals surface area (Å²) in [5.41, 5.74) is 6.02. The summed E-state index contributed by atoms with van der Waals surface area (Å²) in [6.07, 6.45) is 1.38. The summed E-state index contributed by atoms with van der Waals surface area (Å²) in [6.45, 7) is 2.40. The molecule has 122 valence electrons. The van der Waals surface area contributed by atoms with Crippen molar-refractivity contribution >= 4 is 15.9 Å². The molecule has 2 rings (SSSR count). The van der Waals surface area contributed by atoms with Crippen LogP contribution in [0.4, 0.5) is 4.39 Å². The first kappa shape index (κ1) is 16.9. The second-order valence-electron chi connectivity index (χ2n) is 5.48. The summed E-state index contributed by atoms with van der Waals surface area (Å²) >= 11 is 0. The zero-order valence-corrected chi connectivity index (χ0v) is 13.4. The Morgan fingerprint density at radius 3 is 2.73 bits per heavy atom. The van der Waals surface area contributed by atoms with Gasteiger partial charge in [0.1, 0.15) is 10.7 Å². The van der Waals surface area contributed by atoms with E-state index in [-0.39, 0.29) is 23.6 Å². The van der Waals surface area contributed by atoms with Crippen LogP contribution in [0.1, 0.15) is 30.1 Å². The molecule has 3 N–H and O–H groups in total. The number of amides is 1. The smallest absolute Gasteiger partial charge is 0.254 e. The Labute approximate surface area is 129 Å². The van der Waals surface area contributed by atoms with Crippen LogP contribution in [0.5, 0.6) is 0 Å². The van der Waals surface area contributed by atoms with Crippen LogP contribution in [-0.2, 0) is 10.0 Å². The molecule has 1 amide bonds. The summed E-state index contributed by atoms with van der Waals surface area (Å²) in [7, 11) is -2.76. The Bertz CT molecular complexity index is 678. The molecule has 2 atom stereocenters. The van der Waals surface area contributed by atoms with Gasteiger partial charge < -0.3 is 10.6 Å². The van der Waals surface area contributed by atoms with Crippen LogP contribution < -0.4 is 10.5 Å². The largest absolute Gasteiger partial charge is 0.336 e. The molecule has 1 heterocycles. The van der Waals surface area contributed by atoms with E-state index in [1.807, 2.05) is 11.6 Å². The fraction of sp³-hybridized carbons (Fsp3) is 0.500. The molecule has 22 heavy (non-hydrogen) atoms. The van der Waals surface area contributed by atoms with Gasteiger partial charge in [0.2, 0.25) is 10.0 Å². The quantitative estimate of drug-likeness (QED) is 0.853. The van der Waals surface area contributed by atoms with Crippen molar-refractivity contribution in [3.05, 3.63) is 29.6 Å². The number of nitrogens with zero attached hydrogens (tertiary/aromatic N) is 1. The number of nitrogens with two attached hydrogens (primary N) is 1. The number of piperidine rings is 1. The van der Waals surface area contributed by atoms with Crippen molar-refractivity contribution in [2.24, 2.45) is 5.73 Å². The third-order valence-corrected chi connectivity index (χ3v) is 5.34. The molecule has 1 saturated heterocycles. The predicted molar refractivity (Wildman–Crippen MR) is 80.4 cm³/mol. The molecule has 0 aromatic heterocycles. The van der Waals surface area contributed by atoms with Gasteiger partial charge in [-0.25, -0.2) is 17.5 Å². The summed E-state index contributed by atoms with van der Waals surface area (Å²) in [5, 5.41) is 0. The third kappa shape index (κ3) is 3.29. The van der Waals surface area contributed by atoms with Crippen LogP contribution in [0.15, 0.2) is 23.1 Å². The molecule has 6 nitrogen and oxygen atoms in total. The molecular formula is C14H20FN3O3S. The standard InChI is InChI=1S/C14H20FN3O3S/c1-9-7-11(16)5-6-18(9)14(19)10-3-4-12(15)13(8-10)22(20,21)17-2/h3-4,8-9,11,17H,5-7,16H2,1-2H3/t9-,11-/m0/s1. The lowest BCUT2D eigenvalue weighted by molar-refractivity contribution is 0.0618. The Morgan fingerprint density at radius 2 is 2.14 bits per heavy atom. The van der Waals surface area contributed by atoms with Gasteiger partial charge in [-0.15, -0.1) is 0 Å². The van der Waals surface area contributed by atoms with Crippen LogP contribution in [0, 0.1) is 5.82 Å². The van der Waals surface area contributed by atoms with E-state index in [1.54, 1.807) is 4.90 Å². The lowest BCUT2D eigenvalue weighted by atomic mass is 9.98. The molecule has 1 aromatic rings. The number of nitrogens with one attached hydrogen (secondary N) is 1. The number of rotatable bonds is 3. The molecule has 1 fully saturated rings. The van der Waals surface area contributed by atoms with E-state index >= 15 is 0 Å². The molecule has 8 heteroatoms. The maximum absolute atomic E-state index is 13.7. The molecule has 0 spiro atoms. The summed E-state index contributed by atoms with van der Waals surface area (Å²) < 4.78 is 39.3. The Morgan fingerprint density at radius 1 is 1.45 bits per heavy atom. The summed E-state index contributed by atoms with van der Waals surface area (Å²) in [4.78, 5) is 13.7. The van der Waals surface area contributed by atoms with Gasteiger partial charge in [-0.05, 0) is 45.0 Å². The monoisotopic (exact) mass is 329 g/mol. The maximum Gasteiger partial charge on any atom is 0.254 e. The van der Waals surface area contributed by atoms with E-state index < -0.39 is 20.7 Å².